The lowest BCUT2D eigenvalue weighted by Gasteiger charge is -2.32. The van der Waals surface area contributed by atoms with Gasteiger partial charge >= 0.3 is 12.0 Å². The highest BCUT2D eigenvalue weighted by Crippen LogP contribution is 2.29. The first kappa shape index (κ1) is 32.5. The molecular formula is C30H48FN5O3. The smallest absolute Gasteiger partial charge is 0.312 e. The second kappa shape index (κ2) is 17.8. The third-order valence-corrected chi connectivity index (χ3v) is 7.61. The lowest BCUT2D eigenvalue weighted by Crippen LogP contribution is -2.41. The number of fused-ring (bicyclic) bond motifs is 1. The minimum atomic E-state index is -1.10. The number of nitrogens with two attached hydrogens (primary N) is 1. The number of hydrogen-bond donors (Lipinski definition) is 2. The number of aromatic nitrogens is 4. The number of carbonyl (C=O) groups is 1. The van der Waals surface area contributed by atoms with E-state index in [-0.39, 0.29) is 36.1 Å². The molecule has 3 N–H and O–H groups in total. The number of rotatable bonds is 21. The van der Waals surface area contributed by atoms with Crippen LogP contribution in [0.5, 0.6) is 0 Å². The van der Waals surface area contributed by atoms with Crippen molar-refractivity contribution in [3.05, 3.63) is 12.4 Å². The van der Waals surface area contributed by atoms with Gasteiger partial charge in [-0.1, -0.05) is 103 Å². The number of nitrogens with zero attached hydrogens (tertiary/aromatic N) is 4. The zero-order valence-corrected chi connectivity index (χ0v) is 24.0. The van der Waals surface area contributed by atoms with Crippen LogP contribution in [0.25, 0.3) is 11.2 Å². The largest absolute Gasteiger partial charge is 0.464 e. The summed E-state index contributed by atoms with van der Waals surface area (Å²) in [6, 6.07) is 0. The van der Waals surface area contributed by atoms with E-state index in [9.17, 15) is 14.3 Å². The Bertz CT molecular complexity index is 1040. The number of carbonyl (C=O) groups excluding carboxylic acids is 1. The van der Waals surface area contributed by atoms with Crippen molar-refractivity contribution in [3.63, 3.8) is 0 Å². The monoisotopic (exact) mass is 545 g/mol. The highest BCUT2D eigenvalue weighted by Gasteiger charge is 2.37. The number of unbranched alkanes of at least 4 members (excludes halogenated alkanes) is 13. The molecule has 9 heteroatoms. The standard InChI is InChI=1S/C30H48FN5O3/c1-4-7-8-9-10-11-12-13-14-15-16-17-18-19-20-25(38)39-22-30(5-2,6-3)24(37)21-36-23-33-26-27(32)34-29(31)35-28(26)36/h2,23-24,37H,4,6-22H2,1,3H3,(H2,32,34,35)/t24-,30?/m0/s1. The fraction of sp³-hybridized carbons (Fsp3) is 0.733. The molecule has 0 saturated heterocycles. The summed E-state index contributed by atoms with van der Waals surface area (Å²) in [6.45, 7) is 3.97. The van der Waals surface area contributed by atoms with Crippen LogP contribution < -0.4 is 5.73 Å². The predicted octanol–water partition coefficient (Wildman–Crippen LogP) is 6.35. The maximum atomic E-state index is 13.7. The van der Waals surface area contributed by atoms with Crippen LogP contribution in [-0.4, -0.2) is 43.3 Å². The van der Waals surface area contributed by atoms with E-state index >= 15 is 0 Å². The van der Waals surface area contributed by atoms with E-state index in [1.54, 1.807) is 0 Å². The number of imidazole rings is 1. The van der Waals surface area contributed by atoms with Crippen LogP contribution in [-0.2, 0) is 16.1 Å². The molecule has 0 aliphatic carbocycles. The first-order valence-electron chi connectivity index (χ1n) is 14.8. The highest BCUT2D eigenvalue weighted by atomic mass is 19.1. The molecule has 0 amide bonds. The van der Waals surface area contributed by atoms with Crippen molar-refractivity contribution in [2.75, 3.05) is 12.3 Å². The lowest BCUT2D eigenvalue weighted by molar-refractivity contribution is -0.148. The molecule has 2 aromatic rings. The number of aliphatic hydroxyl groups is 1. The molecule has 0 aromatic carbocycles. The fourth-order valence-electron chi connectivity index (χ4n) is 4.85. The van der Waals surface area contributed by atoms with Crippen LogP contribution in [0.3, 0.4) is 0 Å². The van der Waals surface area contributed by atoms with Gasteiger partial charge in [0.1, 0.15) is 12.1 Å². The van der Waals surface area contributed by atoms with Gasteiger partial charge in [-0.15, -0.1) is 6.42 Å². The van der Waals surface area contributed by atoms with E-state index in [1.807, 2.05) is 6.92 Å². The van der Waals surface area contributed by atoms with Crippen molar-refractivity contribution in [1.82, 2.24) is 19.5 Å². The Kier molecular flexibility index (Phi) is 14.8. The molecule has 2 aromatic heterocycles. The zero-order valence-electron chi connectivity index (χ0n) is 24.0. The third kappa shape index (κ3) is 10.7. The molecular weight excluding hydrogens is 497 g/mol. The van der Waals surface area contributed by atoms with E-state index in [4.69, 9.17) is 16.9 Å². The maximum absolute atomic E-state index is 13.7. The Morgan fingerprint density at radius 3 is 2.15 bits per heavy atom. The Balaban J connectivity index is 1.64. The Labute approximate surface area is 233 Å². The Hall–Kier alpha value is -2.73. The molecule has 0 radical (unpaired) electrons. The number of nitrogen functional groups attached to an aromatic ring is 1. The van der Waals surface area contributed by atoms with Crippen molar-refractivity contribution in [2.24, 2.45) is 5.41 Å². The molecule has 2 atom stereocenters. The first-order valence-corrected chi connectivity index (χ1v) is 14.8. The molecule has 1 unspecified atom stereocenters. The molecule has 0 saturated carbocycles. The summed E-state index contributed by atoms with van der Waals surface area (Å²) < 4.78 is 20.6. The molecule has 0 aliphatic rings. The van der Waals surface area contributed by atoms with E-state index in [0.29, 0.717) is 12.8 Å². The number of ether oxygens (including phenoxy) is 1. The molecule has 0 aliphatic heterocycles. The van der Waals surface area contributed by atoms with Crippen molar-refractivity contribution in [1.29, 1.82) is 0 Å². The van der Waals surface area contributed by atoms with Gasteiger partial charge < -0.3 is 20.1 Å². The molecule has 0 fully saturated rings. The summed E-state index contributed by atoms with van der Waals surface area (Å²) in [5.41, 5.74) is 5.02. The zero-order chi connectivity index (χ0) is 28.5. The average Bonchev–Trinajstić information content (AvgIpc) is 3.32. The molecule has 0 bridgehead atoms. The maximum Gasteiger partial charge on any atom is 0.312 e. The Morgan fingerprint density at radius 1 is 1.05 bits per heavy atom. The third-order valence-electron chi connectivity index (χ3n) is 7.61. The molecule has 0 spiro atoms. The van der Waals surface area contributed by atoms with Crippen molar-refractivity contribution >= 4 is 23.0 Å². The quantitative estimate of drug-likeness (QED) is 0.0812. The van der Waals surface area contributed by atoms with Gasteiger partial charge in [-0.05, 0) is 12.8 Å². The van der Waals surface area contributed by atoms with Crippen LogP contribution in [0.15, 0.2) is 6.33 Å². The minimum Gasteiger partial charge on any atom is -0.464 e. The van der Waals surface area contributed by atoms with E-state index in [1.165, 1.54) is 81.5 Å². The van der Waals surface area contributed by atoms with Gasteiger partial charge in [-0.25, -0.2) is 4.98 Å². The van der Waals surface area contributed by atoms with Gasteiger partial charge in [0.05, 0.1) is 24.4 Å². The van der Waals surface area contributed by atoms with Crippen LogP contribution in [0.1, 0.15) is 117 Å². The normalized spacial score (nSPS) is 13.7. The van der Waals surface area contributed by atoms with Crippen LogP contribution in [0, 0.1) is 23.8 Å². The van der Waals surface area contributed by atoms with Gasteiger partial charge in [0.25, 0.3) is 0 Å². The van der Waals surface area contributed by atoms with Crippen molar-refractivity contribution < 1.29 is 19.0 Å². The molecule has 218 valence electrons. The molecule has 8 nitrogen and oxygen atoms in total. The minimum absolute atomic E-state index is 0.0130. The fourth-order valence-corrected chi connectivity index (χ4v) is 4.85. The van der Waals surface area contributed by atoms with E-state index < -0.39 is 17.6 Å². The number of anilines is 1. The Morgan fingerprint density at radius 2 is 1.62 bits per heavy atom. The van der Waals surface area contributed by atoms with Crippen LogP contribution >= 0.6 is 0 Å². The SMILES string of the molecule is C#CC(CC)(COC(=O)CCCCCCCCCCCCCCCC)[C@@H](O)Cn1cnc2c(N)nc(F)nc21. The number of hydrogen-bond acceptors (Lipinski definition) is 7. The molecule has 39 heavy (non-hydrogen) atoms. The first-order chi connectivity index (χ1) is 18.9. The summed E-state index contributed by atoms with van der Waals surface area (Å²) in [7, 11) is 0. The lowest BCUT2D eigenvalue weighted by atomic mass is 9.81. The number of terminal acetylenes is 1. The second-order valence-electron chi connectivity index (χ2n) is 10.6. The summed E-state index contributed by atoms with van der Waals surface area (Å²) in [6.07, 6.45) is 23.4. The van der Waals surface area contributed by atoms with Gasteiger partial charge in [-0.3, -0.25) is 4.79 Å². The summed E-state index contributed by atoms with van der Waals surface area (Å²) in [5, 5.41) is 11.0. The van der Waals surface area contributed by atoms with Gasteiger partial charge in [0, 0.05) is 6.42 Å². The average molecular weight is 546 g/mol. The number of esters is 1. The van der Waals surface area contributed by atoms with Crippen LogP contribution in [0.4, 0.5) is 10.2 Å². The van der Waals surface area contributed by atoms with Crippen molar-refractivity contribution in [3.8, 4) is 12.3 Å². The molecule has 2 rings (SSSR count). The summed E-state index contributed by atoms with van der Waals surface area (Å²) in [4.78, 5) is 23.7. The molecule has 2 heterocycles. The van der Waals surface area contributed by atoms with Gasteiger partial charge in [0.15, 0.2) is 11.5 Å². The van der Waals surface area contributed by atoms with Crippen LogP contribution in [0.2, 0.25) is 0 Å². The number of halogens is 1. The highest BCUT2D eigenvalue weighted by molar-refractivity contribution is 5.81. The van der Waals surface area contributed by atoms with Crippen molar-refractivity contribution in [2.45, 2.75) is 129 Å². The number of aliphatic hydroxyl groups excluding tert-OH is 1. The van der Waals surface area contributed by atoms with Gasteiger partial charge in [-0.2, -0.15) is 14.4 Å². The van der Waals surface area contributed by atoms with E-state index in [2.05, 4.69) is 27.8 Å². The van der Waals surface area contributed by atoms with Gasteiger partial charge in [0.2, 0.25) is 0 Å². The second-order valence-corrected chi connectivity index (χ2v) is 10.6. The topological polar surface area (TPSA) is 116 Å². The van der Waals surface area contributed by atoms with E-state index in [0.717, 1.165) is 19.3 Å². The summed E-state index contributed by atoms with van der Waals surface area (Å²) >= 11 is 0. The summed E-state index contributed by atoms with van der Waals surface area (Å²) in [5.74, 6) is 2.23. The predicted molar refractivity (Wildman–Crippen MR) is 153 cm³/mol.